The van der Waals surface area contributed by atoms with E-state index in [9.17, 15) is 14.4 Å². The van der Waals surface area contributed by atoms with Gasteiger partial charge in [0, 0.05) is 63.9 Å². The largest absolute Gasteiger partial charge is 0.477 e. The lowest BCUT2D eigenvalue weighted by Crippen LogP contribution is -2.54. The number of esters is 1. The number of carbonyl (C=O) groups is 3. The number of carbonyl (C=O) groups excluding carboxylic acids is 2. The third-order valence-electron chi connectivity index (χ3n) is 6.47. The Morgan fingerprint density at radius 1 is 1.09 bits per heavy atom. The molecule has 0 unspecified atom stereocenters. The van der Waals surface area contributed by atoms with Crippen molar-refractivity contribution in [2.75, 3.05) is 50.8 Å². The molecule has 1 saturated carbocycles. The molecule has 32 heavy (non-hydrogen) atoms. The number of hydrogen-bond donors (Lipinski definition) is 1. The molecule has 3 fully saturated rings. The lowest BCUT2D eigenvalue weighted by atomic mass is 9.97. The zero-order chi connectivity index (χ0) is 22.7. The zero-order valence-electron chi connectivity index (χ0n) is 18.5. The second-order valence-electron chi connectivity index (χ2n) is 8.69. The zero-order valence-corrected chi connectivity index (χ0v) is 18.5. The first-order valence-electron chi connectivity index (χ1n) is 11.4. The summed E-state index contributed by atoms with van der Waals surface area (Å²) in [6.07, 6.45) is 2.11. The number of anilines is 1. The van der Waals surface area contributed by atoms with Crippen LogP contribution in [0, 0.1) is 5.92 Å². The molecule has 2 heterocycles. The molecule has 1 N–H and O–H groups in total. The van der Waals surface area contributed by atoms with Crippen LogP contribution in [0.25, 0.3) is 0 Å². The molecular formula is C23H31N3O6. The molecule has 1 aromatic carbocycles. The van der Waals surface area contributed by atoms with Crippen LogP contribution in [0.4, 0.5) is 10.5 Å². The number of piperidine rings is 1. The second-order valence-corrected chi connectivity index (χ2v) is 8.69. The molecule has 1 atom stereocenters. The normalized spacial score (nSPS) is 22.3. The lowest BCUT2D eigenvalue weighted by Gasteiger charge is -2.35. The minimum atomic E-state index is -0.950. The quantitative estimate of drug-likeness (QED) is 0.670. The van der Waals surface area contributed by atoms with Gasteiger partial charge in [-0.05, 0) is 31.9 Å². The predicted octanol–water partition coefficient (Wildman–Crippen LogP) is 2.20. The summed E-state index contributed by atoms with van der Waals surface area (Å²) >= 11 is 0. The Bertz CT molecular complexity index is 863. The molecule has 0 bridgehead atoms. The highest BCUT2D eigenvalue weighted by atomic mass is 16.5. The van der Waals surface area contributed by atoms with Crippen molar-refractivity contribution in [3.63, 3.8) is 0 Å². The Morgan fingerprint density at radius 2 is 1.81 bits per heavy atom. The van der Waals surface area contributed by atoms with Gasteiger partial charge >= 0.3 is 12.1 Å². The van der Waals surface area contributed by atoms with Gasteiger partial charge in [0.2, 0.25) is 0 Å². The summed E-state index contributed by atoms with van der Waals surface area (Å²) in [5.41, 5.74) is 0.120. The van der Waals surface area contributed by atoms with Crippen LogP contribution in [0.3, 0.4) is 0 Å². The number of nitrogens with zero attached hydrogens (tertiary/aromatic N) is 3. The molecule has 174 valence electrons. The van der Waals surface area contributed by atoms with Gasteiger partial charge in [-0.2, -0.15) is 0 Å². The molecule has 4 rings (SSSR count). The van der Waals surface area contributed by atoms with E-state index < -0.39 is 11.7 Å². The summed E-state index contributed by atoms with van der Waals surface area (Å²) in [7, 11) is 0. The van der Waals surface area contributed by atoms with Crippen LogP contribution in [0.5, 0.6) is 5.75 Å². The molecule has 2 aliphatic heterocycles. The van der Waals surface area contributed by atoms with E-state index in [2.05, 4.69) is 4.90 Å². The van der Waals surface area contributed by atoms with Crippen LogP contribution >= 0.6 is 0 Å². The van der Waals surface area contributed by atoms with Gasteiger partial charge in [-0.25, -0.2) is 4.79 Å². The SMILES string of the molecule is CCOC(=O)[C@@H]1CCCN(c2cccc(OC3(C(=O)N4CCN(C(=O)O)CC4)CC3)c2)C1. The van der Waals surface area contributed by atoms with E-state index in [1.807, 2.05) is 31.2 Å². The van der Waals surface area contributed by atoms with Gasteiger partial charge in [0.15, 0.2) is 5.60 Å². The van der Waals surface area contributed by atoms with E-state index in [1.165, 1.54) is 4.90 Å². The minimum Gasteiger partial charge on any atom is -0.477 e. The van der Waals surface area contributed by atoms with E-state index in [0.29, 0.717) is 57.9 Å². The first kappa shape index (κ1) is 22.2. The third-order valence-corrected chi connectivity index (χ3v) is 6.47. The number of piperazine rings is 1. The standard InChI is InChI=1S/C23H31N3O6/c1-2-31-20(27)17-5-4-10-26(16-17)18-6-3-7-19(15-18)32-23(8-9-23)21(28)24-11-13-25(14-12-24)22(29)30/h3,6-7,15,17H,2,4-5,8-14,16H2,1H3,(H,29,30)/t17-/m1/s1. The molecule has 0 aromatic heterocycles. The topological polar surface area (TPSA) is 99.6 Å². The number of amides is 2. The van der Waals surface area contributed by atoms with Gasteiger partial charge in [-0.1, -0.05) is 6.07 Å². The number of ether oxygens (including phenoxy) is 2. The van der Waals surface area contributed by atoms with E-state index >= 15 is 0 Å². The van der Waals surface area contributed by atoms with E-state index in [4.69, 9.17) is 14.6 Å². The molecule has 1 aliphatic carbocycles. The first-order chi connectivity index (χ1) is 15.4. The fourth-order valence-corrected chi connectivity index (χ4v) is 4.50. The molecule has 1 aromatic rings. The number of hydrogen-bond acceptors (Lipinski definition) is 6. The van der Waals surface area contributed by atoms with E-state index in [1.54, 1.807) is 4.90 Å². The fraction of sp³-hybridized carbons (Fsp3) is 0.609. The number of benzene rings is 1. The maximum absolute atomic E-state index is 13.1. The summed E-state index contributed by atoms with van der Waals surface area (Å²) in [5.74, 6) is 0.299. The highest BCUT2D eigenvalue weighted by Gasteiger charge is 2.55. The van der Waals surface area contributed by atoms with Crippen molar-refractivity contribution in [1.82, 2.24) is 9.80 Å². The van der Waals surface area contributed by atoms with Crippen molar-refractivity contribution in [2.24, 2.45) is 5.92 Å². The Labute approximate surface area is 187 Å². The molecule has 2 amide bonds. The van der Waals surface area contributed by atoms with Crippen LogP contribution in [0.1, 0.15) is 32.6 Å². The van der Waals surface area contributed by atoms with Crippen molar-refractivity contribution in [3.05, 3.63) is 24.3 Å². The summed E-state index contributed by atoms with van der Waals surface area (Å²) in [5, 5.41) is 9.11. The molecule has 9 nitrogen and oxygen atoms in total. The molecule has 3 aliphatic rings. The van der Waals surface area contributed by atoms with Crippen molar-refractivity contribution in [3.8, 4) is 5.75 Å². The van der Waals surface area contributed by atoms with Crippen LogP contribution < -0.4 is 9.64 Å². The van der Waals surface area contributed by atoms with Gasteiger partial charge in [0.1, 0.15) is 5.75 Å². The van der Waals surface area contributed by atoms with E-state index in [0.717, 1.165) is 25.1 Å². The Balaban J connectivity index is 1.39. The smallest absolute Gasteiger partial charge is 0.407 e. The first-order valence-corrected chi connectivity index (χ1v) is 11.4. The monoisotopic (exact) mass is 445 g/mol. The summed E-state index contributed by atoms with van der Waals surface area (Å²) in [4.78, 5) is 41.6. The maximum atomic E-state index is 13.1. The average molecular weight is 446 g/mol. The fourth-order valence-electron chi connectivity index (χ4n) is 4.50. The third kappa shape index (κ3) is 4.76. The van der Waals surface area contributed by atoms with Crippen molar-refractivity contribution < 1.29 is 29.0 Å². The van der Waals surface area contributed by atoms with Gasteiger partial charge in [-0.3, -0.25) is 9.59 Å². The minimum absolute atomic E-state index is 0.0618. The molecule has 0 spiro atoms. The summed E-state index contributed by atoms with van der Waals surface area (Å²) in [6, 6.07) is 7.69. The Hall–Kier alpha value is -2.97. The summed E-state index contributed by atoms with van der Waals surface area (Å²) < 4.78 is 11.4. The highest BCUT2D eigenvalue weighted by molar-refractivity contribution is 5.89. The number of rotatable bonds is 6. The van der Waals surface area contributed by atoms with Gasteiger partial charge in [0.05, 0.1) is 12.5 Å². The van der Waals surface area contributed by atoms with Gasteiger partial charge in [0.25, 0.3) is 5.91 Å². The average Bonchev–Trinajstić information content (AvgIpc) is 3.59. The van der Waals surface area contributed by atoms with Gasteiger partial charge in [-0.15, -0.1) is 0 Å². The van der Waals surface area contributed by atoms with Crippen molar-refractivity contribution in [2.45, 2.75) is 38.2 Å². The van der Waals surface area contributed by atoms with Crippen LogP contribution in [-0.4, -0.2) is 84.4 Å². The maximum Gasteiger partial charge on any atom is 0.407 e. The highest BCUT2D eigenvalue weighted by Crippen LogP contribution is 2.43. The molecule has 2 saturated heterocycles. The molecule has 9 heteroatoms. The Kier molecular flexibility index (Phi) is 6.43. The lowest BCUT2D eigenvalue weighted by molar-refractivity contribution is -0.148. The Morgan fingerprint density at radius 3 is 2.47 bits per heavy atom. The predicted molar refractivity (Wildman–Crippen MR) is 117 cm³/mol. The van der Waals surface area contributed by atoms with Crippen molar-refractivity contribution in [1.29, 1.82) is 0 Å². The van der Waals surface area contributed by atoms with Crippen LogP contribution in [0.15, 0.2) is 24.3 Å². The second kappa shape index (κ2) is 9.26. The van der Waals surface area contributed by atoms with Gasteiger partial charge < -0.3 is 29.3 Å². The van der Waals surface area contributed by atoms with E-state index in [-0.39, 0.29) is 17.8 Å². The molecule has 0 radical (unpaired) electrons. The summed E-state index contributed by atoms with van der Waals surface area (Å²) in [6.45, 7) is 5.10. The van der Waals surface area contributed by atoms with Crippen molar-refractivity contribution >= 4 is 23.7 Å². The van der Waals surface area contributed by atoms with Crippen LogP contribution in [0.2, 0.25) is 0 Å². The number of carboxylic acid groups (broad SMARTS) is 1. The molecular weight excluding hydrogens is 414 g/mol. The van der Waals surface area contributed by atoms with Crippen LogP contribution in [-0.2, 0) is 14.3 Å².